The quantitative estimate of drug-likeness (QED) is 0.811. The number of anilines is 1. The van der Waals surface area contributed by atoms with Crippen molar-refractivity contribution in [3.63, 3.8) is 0 Å². The first-order valence-electron chi connectivity index (χ1n) is 5.56. The fraction of sp³-hybridized carbons (Fsp3) is 0.417. The maximum atomic E-state index is 11.5. The molecular weight excluding hydrogens is 259 g/mol. The van der Waals surface area contributed by atoms with Crippen molar-refractivity contribution in [3.8, 4) is 0 Å². The van der Waals surface area contributed by atoms with Crippen molar-refractivity contribution in [1.29, 1.82) is 0 Å². The van der Waals surface area contributed by atoms with E-state index in [9.17, 15) is 4.79 Å². The van der Waals surface area contributed by atoms with Crippen molar-refractivity contribution in [2.75, 3.05) is 11.9 Å². The normalized spacial score (nSPS) is 20.7. The molecule has 1 aliphatic carbocycles. The summed E-state index contributed by atoms with van der Waals surface area (Å²) in [6.07, 6.45) is 1.63. The molecular formula is C12H14Cl2N2O. The predicted octanol–water partition coefficient (Wildman–Crippen LogP) is 3.39. The van der Waals surface area contributed by atoms with E-state index in [1.54, 1.807) is 0 Å². The molecule has 1 saturated carbocycles. The van der Waals surface area contributed by atoms with E-state index in [1.807, 2.05) is 30.3 Å². The van der Waals surface area contributed by atoms with Crippen LogP contribution in [0.25, 0.3) is 0 Å². The number of para-hydroxylation sites is 1. The molecule has 1 aromatic carbocycles. The number of nitrogens with one attached hydrogen (secondary N) is 2. The lowest BCUT2D eigenvalue weighted by Gasteiger charge is -2.07. The molecule has 1 fully saturated rings. The summed E-state index contributed by atoms with van der Waals surface area (Å²) in [5.41, 5.74) is 0.778. The van der Waals surface area contributed by atoms with Crippen LogP contribution >= 0.6 is 23.2 Å². The zero-order valence-corrected chi connectivity index (χ0v) is 10.8. The molecule has 5 heteroatoms. The van der Waals surface area contributed by atoms with Crippen LogP contribution in [0.2, 0.25) is 0 Å². The largest absolute Gasteiger partial charge is 0.338 e. The molecule has 2 rings (SSSR count). The highest BCUT2D eigenvalue weighted by Gasteiger charge is 2.50. The summed E-state index contributed by atoms with van der Waals surface area (Å²) in [5.74, 6) is 0.308. The van der Waals surface area contributed by atoms with Crippen LogP contribution in [0.4, 0.5) is 10.5 Å². The Bertz CT molecular complexity index is 395. The van der Waals surface area contributed by atoms with E-state index in [1.165, 1.54) is 0 Å². The van der Waals surface area contributed by atoms with Gasteiger partial charge in [0.2, 0.25) is 0 Å². The Morgan fingerprint density at radius 3 is 2.59 bits per heavy atom. The van der Waals surface area contributed by atoms with Crippen molar-refractivity contribution in [3.05, 3.63) is 30.3 Å². The summed E-state index contributed by atoms with van der Waals surface area (Å²) in [7, 11) is 0. The number of hydrogen-bond acceptors (Lipinski definition) is 1. The summed E-state index contributed by atoms with van der Waals surface area (Å²) >= 11 is 11.8. The predicted molar refractivity (Wildman–Crippen MR) is 70.6 cm³/mol. The average molecular weight is 273 g/mol. The number of urea groups is 1. The van der Waals surface area contributed by atoms with Gasteiger partial charge in [0.05, 0.1) is 0 Å². The van der Waals surface area contributed by atoms with Gasteiger partial charge in [-0.15, -0.1) is 23.2 Å². The van der Waals surface area contributed by atoms with E-state index >= 15 is 0 Å². The van der Waals surface area contributed by atoms with Gasteiger partial charge in [-0.3, -0.25) is 0 Å². The molecule has 0 saturated heterocycles. The lowest BCUT2D eigenvalue weighted by Crippen LogP contribution is -2.29. The summed E-state index contributed by atoms with van der Waals surface area (Å²) in [6, 6.07) is 9.11. The third kappa shape index (κ3) is 3.79. The Morgan fingerprint density at radius 1 is 1.35 bits per heavy atom. The van der Waals surface area contributed by atoms with Gasteiger partial charge in [0, 0.05) is 12.2 Å². The van der Waals surface area contributed by atoms with Crippen molar-refractivity contribution >= 4 is 34.9 Å². The molecule has 0 aliphatic heterocycles. The van der Waals surface area contributed by atoms with E-state index in [0.29, 0.717) is 12.5 Å². The molecule has 0 spiro atoms. The van der Waals surface area contributed by atoms with Gasteiger partial charge in [0.1, 0.15) is 4.33 Å². The molecule has 0 unspecified atom stereocenters. The minimum atomic E-state index is -0.558. The lowest BCUT2D eigenvalue weighted by atomic mass is 10.3. The number of alkyl halides is 2. The van der Waals surface area contributed by atoms with Crippen LogP contribution in [-0.4, -0.2) is 16.9 Å². The molecule has 1 aliphatic rings. The summed E-state index contributed by atoms with van der Waals surface area (Å²) < 4.78 is -0.558. The van der Waals surface area contributed by atoms with Gasteiger partial charge in [-0.05, 0) is 30.9 Å². The summed E-state index contributed by atoms with van der Waals surface area (Å²) in [5, 5.41) is 5.51. The van der Waals surface area contributed by atoms with Gasteiger partial charge in [0.25, 0.3) is 0 Å². The monoisotopic (exact) mass is 272 g/mol. The van der Waals surface area contributed by atoms with Gasteiger partial charge < -0.3 is 10.6 Å². The highest BCUT2D eigenvalue weighted by Crippen LogP contribution is 2.54. The number of hydrogen-bond donors (Lipinski definition) is 2. The molecule has 2 amide bonds. The zero-order valence-electron chi connectivity index (χ0n) is 9.25. The van der Waals surface area contributed by atoms with Gasteiger partial charge in [-0.2, -0.15) is 0 Å². The molecule has 0 heterocycles. The number of amides is 2. The van der Waals surface area contributed by atoms with E-state index < -0.39 is 4.33 Å². The molecule has 92 valence electrons. The molecule has 3 nitrogen and oxygen atoms in total. The number of benzene rings is 1. The number of rotatable bonds is 4. The summed E-state index contributed by atoms with van der Waals surface area (Å²) in [6.45, 7) is 0.588. The molecule has 0 bridgehead atoms. The molecule has 0 aromatic heterocycles. The zero-order chi connectivity index (χ0) is 12.3. The first-order chi connectivity index (χ1) is 8.08. The Balaban J connectivity index is 1.65. The minimum Gasteiger partial charge on any atom is -0.338 e. The Kier molecular flexibility index (Phi) is 3.79. The van der Waals surface area contributed by atoms with Crippen molar-refractivity contribution in [2.24, 2.45) is 5.92 Å². The Morgan fingerprint density at radius 2 is 2.00 bits per heavy atom. The lowest BCUT2D eigenvalue weighted by molar-refractivity contribution is 0.252. The van der Waals surface area contributed by atoms with Gasteiger partial charge in [-0.1, -0.05) is 18.2 Å². The van der Waals surface area contributed by atoms with Crippen LogP contribution in [0.5, 0.6) is 0 Å². The smallest absolute Gasteiger partial charge is 0.319 e. The number of halogens is 2. The van der Waals surface area contributed by atoms with Crippen LogP contribution in [0.15, 0.2) is 30.3 Å². The fourth-order valence-corrected chi connectivity index (χ4v) is 2.23. The van der Waals surface area contributed by atoms with Gasteiger partial charge in [-0.25, -0.2) is 4.79 Å². The Labute approximate surface area is 110 Å². The number of carbonyl (C=O) groups is 1. The maximum Gasteiger partial charge on any atom is 0.319 e. The molecule has 2 N–H and O–H groups in total. The van der Waals surface area contributed by atoms with Crippen molar-refractivity contribution < 1.29 is 4.79 Å². The third-order valence-electron chi connectivity index (χ3n) is 2.77. The van der Waals surface area contributed by atoms with Crippen LogP contribution in [0.3, 0.4) is 0 Å². The van der Waals surface area contributed by atoms with Crippen LogP contribution in [0.1, 0.15) is 12.8 Å². The molecule has 1 atom stereocenters. The van der Waals surface area contributed by atoms with Gasteiger partial charge >= 0.3 is 6.03 Å². The Hall–Kier alpha value is -0.930. The van der Waals surface area contributed by atoms with Crippen LogP contribution < -0.4 is 10.6 Å². The standard InChI is InChI=1S/C12H14Cl2N2O/c13-12(14)8-9(12)6-7-15-11(17)16-10-4-2-1-3-5-10/h1-5,9H,6-8H2,(H2,15,16,17)/t9-/m1/s1. The maximum absolute atomic E-state index is 11.5. The second kappa shape index (κ2) is 5.15. The highest BCUT2D eigenvalue weighted by molar-refractivity contribution is 6.50. The van der Waals surface area contributed by atoms with Crippen molar-refractivity contribution in [1.82, 2.24) is 5.32 Å². The average Bonchev–Trinajstić information content (AvgIpc) is 2.88. The molecule has 1 aromatic rings. The van der Waals surface area contributed by atoms with Crippen LogP contribution in [0, 0.1) is 5.92 Å². The second-order valence-electron chi connectivity index (χ2n) is 4.20. The summed E-state index contributed by atoms with van der Waals surface area (Å²) in [4.78, 5) is 11.5. The minimum absolute atomic E-state index is 0.202. The number of carbonyl (C=O) groups excluding carboxylic acids is 1. The third-order valence-corrected chi connectivity index (χ3v) is 3.69. The van der Waals surface area contributed by atoms with E-state index in [4.69, 9.17) is 23.2 Å². The first kappa shape index (κ1) is 12.5. The van der Waals surface area contributed by atoms with E-state index in [-0.39, 0.29) is 6.03 Å². The SMILES string of the molecule is O=C(NCC[C@@H]1CC1(Cl)Cl)Nc1ccccc1. The highest BCUT2D eigenvalue weighted by atomic mass is 35.5. The van der Waals surface area contributed by atoms with Crippen molar-refractivity contribution in [2.45, 2.75) is 17.2 Å². The van der Waals surface area contributed by atoms with E-state index in [0.717, 1.165) is 18.5 Å². The fourth-order valence-electron chi connectivity index (χ4n) is 1.64. The second-order valence-corrected chi connectivity index (χ2v) is 5.74. The first-order valence-corrected chi connectivity index (χ1v) is 6.31. The molecule has 17 heavy (non-hydrogen) atoms. The van der Waals surface area contributed by atoms with E-state index in [2.05, 4.69) is 10.6 Å². The van der Waals surface area contributed by atoms with Gasteiger partial charge in [0.15, 0.2) is 0 Å². The molecule has 0 radical (unpaired) electrons. The topological polar surface area (TPSA) is 41.1 Å². The van der Waals surface area contributed by atoms with Crippen LogP contribution in [-0.2, 0) is 0 Å².